The van der Waals surface area contributed by atoms with Crippen LogP contribution < -0.4 is 0 Å². The van der Waals surface area contributed by atoms with Gasteiger partial charge in [-0.1, -0.05) is 261 Å². The van der Waals surface area contributed by atoms with E-state index in [0.29, 0.717) is 25.7 Å². The average molecular weight is 1090 g/mol. The minimum atomic E-state index is -1.91. The first-order valence-electron chi connectivity index (χ1n) is 31.3. The molecule has 1 aliphatic heterocycles. The second-order valence-corrected chi connectivity index (χ2v) is 21.3. The molecule has 3 N–H and O–H groups in total. The van der Waals surface area contributed by atoms with E-state index < -0.39 is 67.3 Å². The molecular weight excluding hydrogens is 973 g/mol. The maximum Gasteiger partial charge on any atom is 0.335 e. The number of carbonyl (C=O) groups is 4. The highest BCUT2D eigenvalue weighted by atomic mass is 16.7. The topological polar surface area (TPSA) is 175 Å². The average Bonchev–Trinajstić information content (AvgIpc) is 3.42. The molecule has 0 saturated carbocycles. The van der Waals surface area contributed by atoms with Gasteiger partial charge in [0.15, 0.2) is 24.6 Å². The van der Waals surface area contributed by atoms with Crippen molar-refractivity contribution >= 4 is 23.9 Å². The summed E-state index contributed by atoms with van der Waals surface area (Å²) >= 11 is 0. The van der Waals surface area contributed by atoms with Gasteiger partial charge in [-0.2, -0.15) is 0 Å². The van der Waals surface area contributed by atoms with Crippen molar-refractivity contribution in [1.29, 1.82) is 0 Å². The number of unbranched alkanes of at least 4 members (excludes halogenated alkanes) is 29. The zero-order chi connectivity index (χ0) is 56.1. The fraction of sp³-hybridized carbons (Fsp3) is 0.785. The zero-order valence-corrected chi connectivity index (χ0v) is 49.0. The number of esters is 3. The number of hydrogen-bond donors (Lipinski definition) is 3. The van der Waals surface area contributed by atoms with Crippen LogP contribution in [-0.4, -0.2) is 89.2 Å². The van der Waals surface area contributed by atoms with Crippen LogP contribution in [0.3, 0.4) is 0 Å². The van der Waals surface area contributed by atoms with Crippen molar-refractivity contribution in [3.63, 3.8) is 0 Å². The molecule has 6 atom stereocenters. The quantitative estimate of drug-likeness (QED) is 0.0228. The SMILES string of the molecule is CC/C=C\C/C=C\C/C=C\C/C=C\C/C=C\CCCC(=O)OCC(COC1OC(C(=O)O)C(O)C(O)C1OC(=O)CCCCCCCCCCCCCCCCCCC)OC(=O)CCCCCCCCCCCCCCC. The lowest BCUT2D eigenvalue weighted by molar-refractivity contribution is -0.301. The summed E-state index contributed by atoms with van der Waals surface area (Å²) in [4.78, 5) is 51.2. The highest BCUT2D eigenvalue weighted by Gasteiger charge is 2.50. The van der Waals surface area contributed by atoms with Crippen LogP contribution in [-0.2, 0) is 42.9 Å². The smallest absolute Gasteiger partial charge is 0.335 e. The van der Waals surface area contributed by atoms with Gasteiger partial charge in [-0.3, -0.25) is 14.4 Å². The van der Waals surface area contributed by atoms with Crippen LogP contribution in [0.4, 0.5) is 0 Å². The van der Waals surface area contributed by atoms with Gasteiger partial charge in [0.2, 0.25) is 0 Å². The summed E-state index contributed by atoms with van der Waals surface area (Å²) in [7, 11) is 0. The normalized spacial score (nSPS) is 18.4. The van der Waals surface area contributed by atoms with Crippen LogP contribution in [0.1, 0.15) is 278 Å². The van der Waals surface area contributed by atoms with Crippen LogP contribution in [0.25, 0.3) is 0 Å². The van der Waals surface area contributed by atoms with E-state index in [0.717, 1.165) is 77.0 Å². The van der Waals surface area contributed by atoms with Crippen LogP contribution >= 0.6 is 0 Å². The Bertz CT molecular complexity index is 1570. The lowest BCUT2D eigenvalue weighted by atomic mass is 9.98. The van der Waals surface area contributed by atoms with Gasteiger partial charge < -0.3 is 39.0 Å². The van der Waals surface area contributed by atoms with Crippen molar-refractivity contribution in [1.82, 2.24) is 0 Å². The number of ether oxygens (including phenoxy) is 5. The van der Waals surface area contributed by atoms with Gasteiger partial charge in [-0.25, -0.2) is 4.79 Å². The van der Waals surface area contributed by atoms with Crippen LogP contribution in [0.2, 0.25) is 0 Å². The molecule has 0 aromatic heterocycles. The third-order valence-electron chi connectivity index (χ3n) is 14.1. The van der Waals surface area contributed by atoms with E-state index >= 15 is 0 Å². The van der Waals surface area contributed by atoms with Crippen LogP contribution in [0, 0.1) is 0 Å². The first-order chi connectivity index (χ1) is 37.6. The Morgan fingerprint density at radius 3 is 1.23 bits per heavy atom. The summed E-state index contributed by atoms with van der Waals surface area (Å²) in [6.07, 6.45) is 53.3. The van der Waals surface area contributed by atoms with Gasteiger partial charge in [-0.15, -0.1) is 0 Å². The van der Waals surface area contributed by atoms with Gasteiger partial charge in [0.25, 0.3) is 0 Å². The molecule has 0 bridgehead atoms. The molecule has 1 aliphatic rings. The number of aliphatic hydroxyl groups is 2. The van der Waals surface area contributed by atoms with E-state index in [1.54, 1.807) is 0 Å². The molecule has 6 unspecified atom stereocenters. The Balaban J connectivity index is 2.69. The summed E-state index contributed by atoms with van der Waals surface area (Å²) in [6, 6.07) is 0. The Hall–Kier alpha value is -3.58. The molecule has 0 aromatic rings. The first-order valence-corrected chi connectivity index (χ1v) is 31.3. The van der Waals surface area contributed by atoms with Gasteiger partial charge >= 0.3 is 23.9 Å². The fourth-order valence-electron chi connectivity index (χ4n) is 9.35. The molecule has 1 fully saturated rings. The third-order valence-corrected chi connectivity index (χ3v) is 14.1. The molecule has 0 amide bonds. The number of carboxylic acid groups (broad SMARTS) is 1. The largest absolute Gasteiger partial charge is 0.479 e. The van der Waals surface area contributed by atoms with Crippen molar-refractivity contribution in [2.24, 2.45) is 0 Å². The lowest BCUT2D eigenvalue weighted by Crippen LogP contribution is -2.61. The van der Waals surface area contributed by atoms with E-state index in [1.165, 1.54) is 135 Å². The summed E-state index contributed by atoms with van der Waals surface area (Å²) < 4.78 is 28.4. The second-order valence-electron chi connectivity index (χ2n) is 21.3. The molecule has 444 valence electrons. The molecule has 0 radical (unpaired) electrons. The molecule has 0 spiro atoms. The second kappa shape index (κ2) is 53.1. The molecule has 12 nitrogen and oxygen atoms in total. The Labute approximate surface area is 468 Å². The van der Waals surface area contributed by atoms with Crippen LogP contribution in [0.5, 0.6) is 0 Å². The number of aliphatic hydroxyl groups excluding tert-OH is 2. The molecule has 0 aliphatic carbocycles. The predicted molar refractivity (Wildman–Crippen MR) is 312 cm³/mol. The molecule has 0 aromatic carbocycles. The number of aliphatic carboxylic acids is 1. The summed E-state index contributed by atoms with van der Waals surface area (Å²) in [6.45, 7) is 5.86. The number of rotatable bonds is 53. The highest BCUT2D eigenvalue weighted by molar-refractivity contribution is 5.74. The van der Waals surface area contributed by atoms with Crippen LogP contribution in [0.15, 0.2) is 60.8 Å². The van der Waals surface area contributed by atoms with Gasteiger partial charge in [-0.05, 0) is 57.8 Å². The van der Waals surface area contributed by atoms with Crippen molar-refractivity contribution in [3.8, 4) is 0 Å². The Morgan fingerprint density at radius 1 is 0.442 bits per heavy atom. The molecule has 77 heavy (non-hydrogen) atoms. The van der Waals surface area contributed by atoms with Gasteiger partial charge in [0.05, 0.1) is 6.61 Å². The maximum atomic E-state index is 13.1. The minimum absolute atomic E-state index is 0.0590. The third kappa shape index (κ3) is 43.0. The van der Waals surface area contributed by atoms with Crippen molar-refractivity contribution < 1.29 is 58.2 Å². The van der Waals surface area contributed by atoms with E-state index in [9.17, 15) is 34.5 Å². The molecule has 1 heterocycles. The zero-order valence-electron chi connectivity index (χ0n) is 49.0. The summed E-state index contributed by atoms with van der Waals surface area (Å²) in [5, 5.41) is 31.5. The standard InChI is InChI=1S/C65H112O12/c1-4-7-10-13-16-19-22-25-27-29-31-34-36-39-42-45-48-51-57(66)73-54-56(75-58(67)52-49-46-43-40-37-33-24-21-18-15-12-9-6-3)55-74-65-63(61(70)60(69)62(77-65)64(71)72)76-59(68)53-50-47-44-41-38-35-32-30-28-26-23-20-17-14-11-8-5-2/h7,10,16,19,25,27,31,34,39,42,56,60-63,65,69-70H,4-6,8-9,11-15,17-18,20-24,26,28-30,32-33,35-38,40-41,43-55H2,1-3H3,(H,71,72)/b10-7-,19-16-,27-25-,34-31-,42-39-. The maximum absolute atomic E-state index is 13.1. The first kappa shape index (κ1) is 71.4. The number of hydrogen-bond acceptors (Lipinski definition) is 11. The molecular formula is C65H112O12. The van der Waals surface area contributed by atoms with E-state index in [4.69, 9.17) is 23.7 Å². The number of carbonyl (C=O) groups excluding carboxylic acids is 3. The lowest BCUT2D eigenvalue weighted by Gasteiger charge is -2.40. The predicted octanol–water partition coefficient (Wildman–Crippen LogP) is 16.3. The fourth-order valence-corrected chi connectivity index (χ4v) is 9.35. The monoisotopic (exact) mass is 1080 g/mol. The number of carboxylic acids is 1. The van der Waals surface area contributed by atoms with E-state index in [1.807, 2.05) is 6.08 Å². The molecule has 1 rings (SSSR count). The summed E-state index contributed by atoms with van der Waals surface area (Å²) in [5.74, 6) is -3.17. The van der Waals surface area contributed by atoms with Gasteiger partial charge in [0.1, 0.15) is 18.8 Å². The minimum Gasteiger partial charge on any atom is -0.479 e. The van der Waals surface area contributed by atoms with Crippen molar-refractivity contribution in [2.75, 3.05) is 13.2 Å². The van der Waals surface area contributed by atoms with Crippen molar-refractivity contribution in [2.45, 2.75) is 314 Å². The van der Waals surface area contributed by atoms with E-state index in [2.05, 4.69) is 75.5 Å². The van der Waals surface area contributed by atoms with Crippen molar-refractivity contribution in [3.05, 3.63) is 60.8 Å². The summed E-state index contributed by atoms with van der Waals surface area (Å²) in [5.41, 5.74) is 0. The number of allylic oxidation sites excluding steroid dienone is 10. The Morgan fingerprint density at radius 2 is 0.818 bits per heavy atom. The van der Waals surface area contributed by atoms with E-state index in [-0.39, 0.29) is 25.9 Å². The van der Waals surface area contributed by atoms with Gasteiger partial charge in [0, 0.05) is 19.3 Å². The Kier molecular flexibility index (Phi) is 49.2. The molecule has 1 saturated heterocycles. The molecule has 12 heteroatoms. The highest BCUT2D eigenvalue weighted by Crippen LogP contribution is 2.27.